The van der Waals surface area contributed by atoms with Gasteiger partial charge in [-0.25, -0.2) is 0 Å². The van der Waals surface area contributed by atoms with Crippen LogP contribution in [0.4, 0.5) is 0 Å². The minimum atomic E-state index is -0.652. The molecule has 1 amide bonds. The molecule has 0 aromatic rings. The van der Waals surface area contributed by atoms with E-state index in [9.17, 15) is 15.0 Å². The predicted octanol–water partition coefficient (Wildman–Crippen LogP) is 15.6. The van der Waals surface area contributed by atoms with Crippen molar-refractivity contribution >= 4 is 5.91 Å². The molecule has 2 unspecified atom stereocenters. The summed E-state index contributed by atoms with van der Waals surface area (Å²) >= 11 is 0. The Balaban J connectivity index is 3.31. The Morgan fingerprint density at radius 3 is 0.849 bits per heavy atom. The maximum atomic E-state index is 12.3. The molecule has 0 saturated carbocycles. The van der Waals surface area contributed by atoms with Crippen molar-refractivity contribution in [1.82, 2.24) is 5.32 Å². The lowest BCUT2D eigenvalue weighted by Crippen LogP contribution is -2.45. The summed E-state index contributed by atoms with van der Waals surface area (Å²) in [4.78, 5) is 12.3. The van der Waals surface area contributed by atoms with Crippen molar-refractivity contribution in [3.63, 3.8) is 0 Å². The molecule has 0 fully saturated rings. The molecule has 0 aliphatic carbocycles. The van der Waals surface area contributed by atoms with Crippen molar-refractivity contribution in [2.24, 2.45) is 0 Å². The molecular formula is C49H99NO3. The fraction of sp³-hybridized carbons (Fsp3) is 0.980. The highest BCUT2D eigenvalue weighted by atomic mass is 16.3. The molecule has 0 radical (unpaired) electrons. The summed E-state index contributed by atoms with van der Waals surface area (Å²) in [6, 6.07) is -0.528. The van der Waals surface area contributed by atoms with Crippen molar-refractivity contribution in [3.05, 3.63) is 0 Å². The quantitative estimate of drug-likeness (QED) is 0.0543. The normalized spacial score (nSPS) is 12.8. The molecular weight excluding hydrogens is 651 g/mol. The zero-order chi connectivity index (χ0) is 38.6. The van der Waals surface area contributed by atoms with E-state index < -0.39 is 12.1 Å². The summed E-state index contributed by atoms with van der Waals surface area (Å²) in [5.41, 5.74) is 0. The molecule has 4 nitrogen and oxygen atoms in total. The monoisotopic (exact) mass is 750 g/mol. The first kappa shape index (κ1) is 52.4. The minimum absolute atomic E-state index is 0.0322. The molecule has 0 aliphatic heterocycles. The minimum Gasteiger partial charge on any atom is -0.394 e. The summed E-state index contributed by atoms with van der Waals surface area (Å²) in [5.74, 6) is -0.0322. The van der Waals surface area contributed by atoms with Crippen molar-refractivity contribution in [3.8, 4) is 0 Å². The van der Waals surface area contributed by atoms with Gasteiger partial charge in [0.1, 0.15) is 0 Å². The summed E-state index contributed by atoms with van der Waals surface area (Å²) in [5, 5.41) is 23.1. The Morgan fingerprint density at radius 2 is 0.604 bits per heavy atom. The number of nitrogens with one attached hydrogen (secondary N) is 1. The van der Waals surface area contributed by atoms with E-state index in [0.29, 0.717) is 12.8 Å². The summed E-state index contributed by atoms with van der Waals surface area (Å²) in [6.45, 7) is 4.35. The molecule has 0 spiro atoms. The zero-order valence-corrected chi connectivity index (χ0v) is 36.6. The average Bonchev–Trinajstić information content (AvgIpc) is 3.16. The molecule has 318 valence electrons. The number of unbranched alkanes of at least 4 members (excludes halogenated alkanes) is 39. The molecule has 0 bridgehead atoms. The fourth-order valence-corrected chi connectivity index (χ4v) is 8.07. The smallest absolute Gasteiger partial charge is 0.220 e. The standard InChI is InChI=1S/C49H99NO3/c1-3-5-7-9-11-13-14-15-16-17-18-19-20-21-22-23-24-25-26-27-28-29-30-31-32-33-34-35-36-37-38-40-42-44-48(52)47(46-51)50-49(53)45-43-41-39-12-10-8-6-4-2/h47-48,51-52H,3-46H2,1-2H3,(H,50,53). The van der Waals surface area contributed by atoms with Crippen LogP contribution in [0.1, 0.15) is 290 Å². The Bertz CT molecular complexity index is 685. The third-order valence-corrected chi connectivity index (χ3v) is 11.9. The molecule has 0 saturated heterocycles. The van der Waals surface area contributed by atoms with E-state index in [1.54, 1.807) is 0 Å². The summed E-state index contributed by atoms with van der Waals surface area (Å²) < 4.78 is 0. The van der Waals surface area contributed by atoms with Gasteiger partial charge in [-0.1, -0.05) is 271 Å². The Kier molecular flexibility index (Phi) is 45.3. The highest BCUT2D eigenvalue weighted by Crippen LogP contribution is 2.18. The molecule has 2 atom stereocenters. The van der Waals surface area contributed by atoms with Gasteiger partial charge in [0.05, 0.1) is 18.8 Å². The van der Waals surface area contributed by atoms with Gasteiger partial charge in [-0.2, -0.15) is 0 Å². The largest absolute Gasteiger partial charge is 0.394 e. The van der Waals surface area contributed by atoms with Gasteiger partial charge in [0, 0.05) is 6.42 Å². The Labute approximate surface area is 334 Å². The number of amides is 1. The molecule has 0 aromatic carbocycles. The van der Waals surface area contributed by atoms with Gasteiger partial charge in [0.25, 0.3) is 0 Å². The van der Waals surface area contributed by atoms with Crippen LogP contribution in [-0.2, 0) is 4.79 Å². The molecule has 0 heterocycles. The van der Waals surface area contributed by atoms with Gasteiger partial charge < -0.3 is 15.5 Å². The van der Waals surface area contributed by atoms with Crippen LogP contribution in [0.25, 0.3) is 0 Å². The second-order valence-electron chi connectivity index (χ2n) is 17.3. The van der Waals surface area contributed by atoms with E-state index in [4.69, 9.17) is 0 Å². The van der Waals surface area contributed by atoms with Crippen molar-refractivity contribution in [1.29, 1.82) is 0 Å². The number of hydrogen-bond acceptors (Lipinski definition) is 3. The van der Waals surface area contributed by atoms with Crippen LogP contribution >= 0.6 is 0 Å². The number of aliphatic hydroxyl groups excluding tert-OH is 2. The van der Waals surface area contributed by atoms with Gasteiger partial charge in [0.2, 0.25) is 5.91 Å². The van der Waals surface area contributed by atoms with Crippen molar-refractivity contribution in [2.75, 3.05) is 6.61 Å². The molecule has 53 heavy (non-hydrogen) atoms. The number of aliphatic hydroxyl groups is 2. The average molecular weight is 750 g/mol. The fourth-order valence-electron chi connectivity index (χ4n) is 8.07. The van der Waals surface area contributed by atoms with E-state index in [0.717, 1.165) is 25.7 Å². The topological polar surface area (TPSA) is 69.6 Å². The van der Waals surface area contributed by atoms with Gasteiger partial charge >= 0.3 is 0 Å². The van der Waals surface area contributed by atoms with Crippen LogP contribution in [-0.4, -0.2) is 34.9 Å². The highest BCUT2D eigenvalue weighted by Gasteiger charge is 2.20. The van der Waals surface area contributed by atoms with Crippen LogP contribution in [0.3, 0.4) is 0 Å². The maximum absolute atomic E-state index is 12.3. The molecule has 4 heteroatoms. The first-order chi connectivity index (χ1) is 26.2. The molecule has 0 aliphatic rings. The zero-order valence-electron chi connectivity index (χ0n) is 36.6. The third-order valence-electron chi connectivity index (χ3n) is 11.9. The molecule has 3 N–H and O–H groups in total. The third kappa shape index (κ3) is 42.4. The summed E-state index contributed by atoms with van der Waals surface area (Å²) in [6.07, 6.45) is 56.7. The van der Waals surface area contributed by atoms with Gasteiger partial charge in [-0.05, 0) is 12.8 Å². The lowest BCUT2D eigenvalue weighted by atomic mass is 10.0. The number of carbonyl (C=O) groups is 1. The first-order valence-electron chi connectivity index (χ1n) is 24.7. The predicted molar refractivity (Wildman–Crippen MR) is 235 cm³/mol. The number of carbonyl (C=O) groups excluding carboxylic acids is 1. The number of rotatable bonds is 46. The number of hydrogen-bond donors (Lipinski definition) is 3. The highest BCUT2D eigenvalue weighted by molar-refractivity contribution is 5.76. The second-order valence-corrected chi connectivity index (χ2v) is 17.3. The van der Waals surface area contributed by atoms with Crippen LogP contribution in [0.15, 0.2) is 0 Å². The van der Waals surface area contributed by atoms with E-state index in [1.807, 2.05) is 0 Å². The van der Waals surface area contributed by atoms with E-state index in [-0.39, 0.29) is 12.5 Å². The van der Waals surface area contributed by atoms with Crippen molar-refractivity contribution in [2.45, 2.75) is 302 Å². The van der Waals surface area contributed by atoms with E-state index in [1.165, 1.54) is 238 Å². The lowest BCUT2D eigenvalue weighted by molar-refractivity contribution is -0.123. The van der Waals surface area contributed by atoms with Gasteiger partial charge in [-0.3, -0.25) is 4.79 Å². The Morgan fingerprint density at radius 1 is 0.377 bits per heavy atom. The summed E-state index contributed by atoms with van der Waals surface area (Å²) in [7, 11) is 0. The SMILES string of the molecule is CCCCCCCCCCCCCCCCCCCCCCCCCCCCCCCCCCCC(O)C(CO)NC(=O)CCCCCCCCCC. The first-order valence-corrected chi connectivity index (χ1v) is 24.7. The maximum Gasteiger partial charge on any atom is 0.220 e. The van der Waals surface area contributed by atoms with E-state index >= 15 is 0 Å². The second kappa shape index (κ2) is 45.8. The molecule has 0 aromatic heterocycles. The molecule has 0 rings (SSSR count). The Hall–Kier alpha value is -0.610. The lowest BCUT2D eigenvalue weighted by Gasteiger charge is -2.22. The van der Waals surface area contributed by atoms with E-state index in [2.05, 4.69) is 19.2 Å². The van der Waals surface area contributed by atoms with Crippen LogP contribution in [0.5, 0.6) is 0 Å². The van der Waals surface area contributed by atoms with Crippen molar-refractivity contribution < 1.29 is 15.0 Å². The van der Waals surface area contributed by atoms with Gasteiger partial charge in [0.15, 0.2) is 0 Å². The van der Waals surface area contributed by atoms with Crippen LogP contribution in [0.2, 0.25) is 0 Å². The van der Waals surface area contributed by atoms with Crippen LogP contribution in [0, 0.1) is 0 Å². The van der Waals surface area contributed by atoms with Crippen LogP contribution < -0.4 is 5.32 Å². The van der Waals surface area contributed by atoms with Gasteiger partial charge in [-0.15, -0.1) is 0 Å².